The Morgan fingerprint density at radius 1 is 1.45 bits per heavy atom. The van der Waals surface area contributed by atoms with Gasteiger partial charge in [0.25, 0.3) is 5.91 Å². The second-order valence-electron chi connectivity index (χ2n) is 6.31. The number of carbonyl (C=O) groups is 1. The maximum atomic E-state index is 13.2. The molecule has 1 heterocycles. The first-order valence-electron chi connectivity index (χ1n) is 7.90. The summed E-state index contributed by atoms with van der Waals surface area (Å²) >= 11 is 0. The molecule has 0 spiro atoms. The molecule has 1 amide bonds. The van der Waals surface area contributed by atoms with E-state index in [4.69, 9.17) is 0 Å². The van der Waals surface area contributed by atoms with Gasteiger partial charge < -0.3 is 15.3 Å². The van der Waals surface area contributed by atoms with E-state index in [1.165, 1.54) is 12.1 Å². The Labute approximate surface area is 131 Å². The number of benzene rings is 1. The average molecular weight is 308 g/mol. The van der Waals surface area contributed by atoms with Gasteiger partial charge in [0.1, 0.15) is 5.82 Å². The lowest BCUT2D eigenvalue weighted by Gasteiger charge is -2.31. The van der Waals surface area contributed by atoms with E-state index >= 15 is 0 Å². The predicted octanol–water partition coefficient (Wildman–Crippen LogP) is 1.96. The molecule has 0 saturated carbocycles. The first kappa shape index (κ1) is 16.9. The summed E-state index contributed by atoms with van der Waals surface area (Å²) in [5.74, 6) is -0.0221. The van der Waals surface area contributed by atoms with Crippen molar-refractivity contribution in [2.75, 3.05) is 26.2 Å². The number of aliphatic hydroxyl groups excluding tert-OH is 1. The van der Waals surface area contributed by atoms with Gasteiger partial charge in [-0.3, -0.25) is 4.79 Å². The molecule has 2 rings (SSSR count). The van der Waals surface area contributed by atoms with Gasteiger partial charge in [0.15, 0.2) is 0 Å². The van der Waals surface area contributed by atoms with Crippen LogP contribution in [0.4, 0.5) is 4.39 Å². The molecular formula is C17H25FN2O2. The second kappa shape index (κ2) is 7.70. The first-order chi connectivity index (χ1) is 10.5. The van der Waals surface area contributed by atoms with Crippen molar-refractivity contribution in [3.8, 4) is 0 Å². The number of piperidine rings is 1. The Morgan fingerprint density at radius 2 is 2.14 bits per heavy atom. The number of nitrogens with zero attached hydrogens (tertiary/aromatic N) is 1. The number of hydrogen-bond acceptors (Lipinski definition) is 3. The normalized spacial score (nSPS) is 18.2. The van der Waals surface area contributed by atoms with Crippen molar-refractivity contribution in [3.05, 3.63) is 35.1 Å². The van der Waals surface area contributed by atoms with Crippen LogP contribution < -0.4 is 5.32 Å². The minimum Gasteiger partial charge on any atom is -0.390 e. The Balaban J connectivity index is 1.79. The van der Waals surface area contributed by atoms with Crippen LogP contribution in [0.1, 0.15) is 35.7 Å². The summed E-state index contributed by atoms with van der Waals surface area (Å²) in [5, 5.41) is 12.7. The molecule has 1 aromatic rings. The number of hydrogen-bond donors (Lipinski definition) is 2. The molecule has 1 aliphatic rings. The van der Waals surface area contributed by atoms with Gasteiger partial charge in [-0.15, -0.1) is 0 Å². The summed E-state index contributed by atoms with van der Waals surface area (Å²) in [6.07, 6.45) is 1.70. The van der Waals surface area contributed by atoms with Crippen molar-refractivity contribution >= 4 is 5.91 Å². The highest BCUT2D eigenvalue weighted by Crippen LogP contribution is 2.16. The van der Waals surface area contributed by atoms with Crippen LogP contribution in [0.3, 0.4) is 0 Å². The minimum absolute atomic E-state index is 0.181. The third kappa shape index (κ3) is 4.78. The lowest BCUT2D eigenvalue weighted by atomic mass is 9.99. The maximum absolute atomic E-state index is 13.2. The molecule has 1 fully saturated rings. The number of likely N-dealkylation sites (tertiary alicyclic amines) is 1. The Hall–Kier alpha value is -1.46. The van der Waals surface area contributed by atoms with E-state index in [1.54, 1.807) is 13.0 Å². The van der Waals surface area contributed by atoms with E-state index in [0.717, 1.165) is 37.4 Å². The van der Waals surface area contributed by atoms with Gasteiger partial charge in [-0.1, -0.05) is 13.0 Å². The molecule has 1 atom stereocenters. The van der Waals surface area contributed by atoms with Gasteiger partial charge in [-0.05, 0) is 56.5 Å². The summed E-state index contributed by atoms with van der Waals surface area (Å²) in [6, 6.07) is 4.14. The molecule has 1 saturated heterocycles. The average Bonchev–Trinajstić information content (AvgIpc) is 2.49. The zero-order valence-corrected chi connectivity index (χ0v) is 13.3. The maximum Gasteiger partial charge on any atom is 0.251 e. The molecule has 22 heavy (non-hydrogen) atoms. The largest absolute Gasteiger partial charge is 0.390 e. The summed E-state index contributed by atoms with van der Waals surface area (Å²) < 4.78 is 13.2. The molecule has 0 aromatic heterocycles. The fraction of sp³-hybridized carbons (Fsp3) is 0.588. The van der Waals surface area contributed by atoms with Crippen LogP contribution in [0, 0.1) is 18.7 Å². The molecule has 0 aliphatic carbocycles. The molecule has 2 N–H and O–H groups in total. The van der Waals surface area contributed by atoms with Gasteiger partial charge in [0.05, 0.1) is 6.10 Å². The van der Waals surface area contributed by atoms with Crippen LogP contribution >= 0.6 is 0 Å². The lowest BCUT2D eigenvalue weighted by molar-refractivity contribution is 0.0795. The summed E-state index contributed by atoms with van der Waals surface area (Å²) in [4.78, 5) is 14.3. The van der Waals surface area contributed by atoms with Gasteiger partial charge in [-0.25, -0.2) is 4.39 Å². The number of aryl methyl sites for hydroxylation is 1. The zero-order valence-electron chi connectivity index (χ0n) is 13.3. The predicted molar refractivity (Wildman–Crippen MR) is 84.3 cm³/mol. The van der Waals surface area contributed by atoms with E-state index in [1.807, 2.05) is 0 Å². The molecule has 1 aromatic carbocycles. The third-order valence-electron chi connectivity index (χ3n) is 4.29. The standard InChI is InChI=1S/C17H25FN2O2/c1-12-5-7-20(8-6-12)11-15(21)10-19-17(22)16-9-14(18)4-3-13(16)2/h3-4,9,12,15,21H,5-8,10-11H2,1-2H3,(H,19,22). The Bertz CT molecular complexity index is 513. The van der Waals surface area contributed by atoms with Crippen molar-refractivity contribution < 1.29 is 14.3 Å². The Kier molecular flexibility index (Phi) is 5.91. The molecular weight excluding hydrogens is 283 g/mol. The number of β-amino-alcohol motifs (C(OH)–C–C–N with tert-alkyl or cyclic N) is 1. The first-order valence-corrected chi connectivity index (χ1v) is 7.90. The second-order valence-corrected chi connectivity index (χ2v) is 6.31. The van der Waals surface area contributed by atoms with E-state index < -0.39 is 11.9 Å². The molecule has 5 heteroatoms. The van der Waals surface area contributed by atoms with Gasteiger partial charge >= 0.3 is 0 Å². The number of carbonyl (C=O) groups excluding carboxylic acids is 1. The Morgan fingerprint density at radius 3 is 2.82 bits per heavy atom. The van der Waals surface area contributed by atoms with Crippen LogP contribution in [0.5, 0.6) is 0 Å². The molecule has 0 bridgehead atoms. The van der Waals surface area contributed by atoms with Gasteiger partial charge in [-0.2, -0.15) is 0 Å². The third-order valence-corrected chi connectivity index (χ3v) is 4.29. The minimum atomic E-state index is -0.605. The molecule has 122 valence electrons. The monoisotopic (exact) mass is 308 g/mol. The van der Waals surface area contributed by atoms with Crippen LogP contribution in [-0.2, 0) is 0 Å². The molecule has 1 aliphatic heterocycles. The van der Waals surface area contributed by atoms with Crippen molar-refractivity contribution in [1.29, 1.82) is 0 Å². The van der Waals surface area contributed by atoms with E-state index in [2.05, 4.69) is 17.1 Å². The quantitative estimate of drug-likeness (QED) is 0.874. The summed E-state index contributed by atoms with van der Waals surface area (Å²) in [7, 11) is 0. The number of aliphatic hydroxyl groups is 1. The molecule has 1 unspecified atom stereocenters. The van der Waals surface area contributed by atoms with Crippen molar-refractivity contribution in [3.63, 3.8) is 0 Å². The van der Waals surface area contributed by atoms with Crippen molar-refractivity contribution in [2.24, 2.45) is 5.92 Å². The topological polar surface area (TPSA) is 52.6 Å². The number of nitrogens with one attached hydrogen (secondary N) is 1. The highest BCUT2D eigenvalue weighted by atomic mass is 19.1. The lowest BCUT2D eigenvalue weighted by Crippen LogP contribution is -2.43. The number of rotatable bonds is 5. The van der Waals surface area contributed by atoms with E-state index in [9.17, 15) is 14.3 Å². The summed E-state index contributed by atoms with van der Waals surface area (Å²) in [5.41, 5.74) is 1.04. The van der Waals surface area contributed by atoms with Gasteiger partial charge in [0, 0.05) is 18.7 Å². The van der Waals surface area contributed by atoms with E-state index in [0.29, 0.717) is 12.1 Å². The van der Waals surface area contributed by atoms with Crippen LogP contribution in [0.15, 0.2) is 18.2 Å². The smallest absolute Gasteiger partial charge is 0.251 e. The van der Waals surface area contributed by atoms with Crippen molar-refractivity contribution in [2.45, 2.75) is 32.8 Å². The van der Waals surface area contributed by atoms with Crippen molar-refractivity contribution in [1.82, 2.24) is 10.2 Å². The van der Waals surface area contributed by atoms with Crippen LogP contribution in [-0.4, -0.2) is 48.2 Å². The van der Waals surface area contributed by atoms with E-state index in [-0.39, 0.29) is 12.5 Å². The highest BCUT2D eigenvalue weighted by Gasteiger charge is 2.19. The SMILES string of the molecule is Cc1ccc(F)cc1C(=O)NCC(O)CN1CCC(C)CC1. The van der Waals surface area contributed by atoms with Gasteiger partial charge in [0.2, 0.25) is 0 Å². The van der Waals surface area contributed by atoms with Crippen LogP contribution in [0.25, 0.3) is 0 Å². The molecule has 4 nitrogen and oxygen atoms in total. The highest BCUT2D eigenvalue weighted by molar-refractivity contribution is 5.95. The number of amides is 1. The summed E-state index contributed by atoms with van der Waals surface area (Å²) in [6.45, 7) is 6.75. The zero-order chi connectivity index (χ0) is 16.1. The fourth-order valence-corrected chi connectivity index (χ4v) is 2.75. The van der Waals surface area contributed by atoms with Crippen LogP contribution in [0.2, 0.25) is 0 Å². The fourth-order valence-electron chi connectivity index (χ4n) is 2.75. The number of halogens is 1. The molecule has 0 radical (unpaired) electrons.